The Hall–Kier alpha value is -2.55. The van der Waals surface area contributed by atoms with Crippen molar-refractivity contribution in [1.29, 1.82) is 0 Å². The molecule has 2 fully saturated rings. The number of nitrogens with zero attached hydrogens (tertiary/aromatic N) is 3. The van der Waals surface area contributed by atoms with Crippen LogP contribution in [0.2, 0.25) is 0 Å². The van der Waals surface area contributed by atoms with Crippen LogP contribution in [0.3, 0.4) is 0 Å². The van der Waals surface area contributed by atoms with E-state index in [0.29, 0.717) is 56.3 Å². The number of piperidine rings is 1. The first kappa shape index (κ1) is 20.7. The van der Waals surface area contributed by atoms with Crippen molar-refractivity contribution in [1.82, 2.24) is 14.7 Å². The maximum absolute atomic E-state index is 13.1. The van der Waals surface area contributed by atoms with Gasteiger partial charge in [-0.05, 0) is 31.0 Å². The van der Waals surface area contributed by atoms with Gasteiger partial charge in [0.2, 0.25) is 17.7 Å². The van der Waals surface area contributed by atoms with E-state index in [1.54, 1.807) is 28.9 Å². The summed E-state index contributed by atoms with van der Waals surface area (Å²) >= 11 is 1.46. The van der Waals surface area contributed by atoms with Gasteiger partial charge in [0, 0.05) is 56.7 Å². The Morgan fingerprint density at radius 2 is 1.77 bits per heavy atom. The Kier molecular flexibility index (Phi) is 5.99. The van der Waals surface area contributed by atoms with Gasteiger partial charge in [-0.25, -0.2) is 0 Å². The van der Waals surface area contributed by atoms with E-state index in [0.717, 1.165) is 17.7 Å². The molecule has 4 rings (SSSR count). The summed E-state index contributed by atoms with van der Waals surface area (Å²) in [6, 6.07) is 5.39. The molecule has 0 spiro atoms. The van der Waals surface area contributed by atoms with E-state index in [2.05, 4.69) is 5.32 Å². The summed E-state index contributed by atoms with van der Waals surface area (Å²) in [5, 5.41) is 2.82. The summed E-state index contributed by atoms with van der Waals surface area (Å²) in [6.07, 6.45) is 1.56. The van der Waals surface area contributed by atoms with E-state index in [-0.39, 0.29) is 29.5 Å². The van der Waals surface area contributed by atoms with Crippen LogP contribution in [-0.4, -0.2) is 83.3 Å². The Morgan fingerprint density at radius 1 is 1.03 bits per heavy atom. The van der Waals surface area contributed by atoms with Gasteiger partial charge in [-0.1, -0.05) is 0 Å². The van der Waals surface area contributed by atoms with Gasteiger partial charge in [0.1, 0.15) is 0 Å². The molecule has 30 heavy (non-hydrogen) atoms. The van der Waals surface area contributed by atoms with Gasteiger partial charge in [0.05, 0.1) is 17.4 Å². The van der Waals surface area contributed by atoms with E-state index >= 15 is 0 Å². The lowest BCUT2D eigenvalue weighted by atomic mass is 9.95. The van der Waals surface area contributed by atoms with E-state index in [4.69, 9.17) is 0 Å². The molecule has 3 aliphatic rings. The molecule has 1 aromatic rings. The van der Waals surface area contributed by atoms with E-state index in [9.17, 15) is 19.2 Å². The number of rotatable bonds is 2. The molecular weight excluding hydrogens is 404 g/mol. The molecule has 0 aliphatic carbocycles. The minimum Gasteiger partial charge on any atom is -0.339 e. The minimum absolute atomic E-state index is 0.0381. The predicted molar refractivity (Wildman–Crippen MR) is 113 cm³/mol. The Balaban J connectivity index is 1.40. The Bertz CT molecular complexity index is 882. The topological polar surface area (TPSA) is 90.0 Å². The average Bonchev–Trinajstić information content (AvgIpc) is 2.77. The second kappa shape index (κ2) is 8.67. The van der Waals surface area contributed by atoms with Crippen LogP contribution >= 0.6 is 11.8 Å². The molecule has 0 radical (unpaired) electrons. The summed E-state index contributed by atoms with van der Waals surface area (Å²) < 4.78 is 0. The van der Waals surface area contributed by atoms with E-state index in [1.165, 1.54) is 11.8 Å². The third-order valence-electron chi connectivity index (χ3n) is 5.95. The number of thioether (sulfide) groups is 1. The summed E-state index contributed by atoms with van der Waals surface area (Å²) in [6.45, 7) is 4.80. The van der Waals surface area contributed by atoms with Crippen molar-refractivity contribution in [3.8, 4) is 0 Å². The molecule has 9 heteroatoms. The molecule has 1 atom stereocenters. The third kappa shape index (κ3) is 4.30. The molecule has 8 nitrogen and oxygen atoms in total. The Labute approximate surface area is 179 Å². The quantitative estimate of drug-likeness (QED) is 0.763. The van der Waals surface area contributed by atoms with Gasteiger partial charge >= 0.3 is 0 Å². The van der Waals surface area contributed by atoms with Gasteiger partial charge in [0.15, 0.2) is 0 Å². The van der Waals surface area contributed by atoms with Gasteiger partial charge in [-0.3, -0.25) is 19.2 Å². The number of anilines is 1. The highest BCUT2D eigenvalue weighted by Gasteiger charge is 2.33. The zero-order chi connectivity index (χ0) is 21.3. The molecule has 1 N–H and O–H groups in total. The van der Waals surface area contributed by atoms with Crippen molar-refractivity contribution in [3.05, 3.63) is 23.8 Å². The highest BCUT2D eigenvalue weighted by atomic mass is 32.2. The largest absolute Gasteiger partial charge is 0.339 e. The molecule has 0 aromatic heterocycles. The first-order chi connectivity index (χ1) is 14.4. The number of carbonyl (C=O) groups excluding carboxylic acids is 4. The second-order valence-electron chi connectivity index (χ2n) is 7.97. The molecule has 1 aromatic carbocycles. The van der Waals surface area contributed by atoms with Crippen molar-refractivity contribution in [2.45, 2.75) is 24.7 Å². The number of amides is 4. The fraction of sp³-hybridized carbons (Fsp3) is 0.524. The molecule has 1 unspecified atom stereocenters. The highest BCUT2D eigenvalue weighted by molar-refractivity contribution is 8.00. The maximum atomic E-state index is 13.1. The van der Waals surface area contributed by atoms with Crippen molar-refractivity contribution >= 4 is 41.1 Å². The fourth-order valence-electron chi connectivity index (χ4n) is 4.26. The summed E-state index contributed by atoms with van der Waals surface area (Å²) in [5.41, 5.74) is 1.20. The summed E-state index contributed by atoms with van der Waals surface area (Å²) in [5.74, 6) is 0.115. The van der Waals surface area contributed by atoms with Crippen LogP contribution < -0.4 is 5.32 Å². The normalized spacial score (nSPS) is 21.7. The van der Waals surface area contributed by atoms with Gasteiger partial charge in [0.25, 0.3) is 5.91 Å². The van der Waals surface area contributed by atoms with Crippen molar-refractivity contribution in [3.63, 3.8) is 0 Å². The van der Waals surface area contributed by atoms with Gasteiger partial charge in [-0.2, -0.15) is 0 Å². The number of likely N-dealkylation sites (tertiary alicyclic amines) is 1. The third-order valence-corrected chi connectivity index (χ3v) is 7.03. The van der Waals surface area contributed by atoms with Crippen LogP contribution in [0.1, 0.15) is 30.1 Å². The maximum Gasteiger partial charge on any atom is 0.253 e. The molecule has 3 aliphatic heterocycles. The van der Waals surface area contributed by atoms with Crippen LogP contribution in [0.25, 0.3) is 0 Å². The monoisotopic (exact) mass is 430 g/mol. The smallest absolute Gasteiger partial charge is 0.253 e. The van der Waals surface area contributed by atoms with E-state index < -0.39 is 0 Å². The Morgan fingerprint density at radius 3 is 2.50 bits per heavy atom. The molecule has 3 heterocycles. The van der Waals surface area contributed by atoms with E-state index in [1.807, 2.05) is 11.0 Å². The highest BCUT2D eigenvalue weighted by Crippen LogP contribution is 2.32. The lowest BCUT2D eigenvalue weighted by Gasteiger charge is -2.38. The van der Waals surface area contributed by atoms with Gasteiger partial charge < -0.3 is 20.0 Å². The summed E-state index contributed by atoms with van der Waals surface area (Å²) in [7, 11) is 0. The lowest BCUT2D eigenvalue weighted by molar-refractivity contribution is -0.142. The molecule has 0 bridgehead atoms. The number of hydrogen-bond donors (Lipinski definition) is 1. The number of fused-ring (bicyclic) bond motifs is 1. The van der Waals surface area contributed by atoms with Crippen LogP contribution in [0, 0.1) is 5.92 Å². The number of hydrogen-bond acceptors (Lipinski definition) is 5. The van der Waals surface area contributed by atoms with Gasteiger partial charge in [-0.15, -0.1) is 11.8 Å². The fourth-order valence-corrected chi connectivity index (χ4v) is 5.05. The zero-order valence-corrected chi connectivity index (χ0v) is 17.9. The summed E-state index contributed by atoms with van der Waals surface area (Å²) in [4.78, 5) is 55.5. The molecular formula is C21H26N4O4S. The first-order valence-corrected chi connectivity index (χ1v) is 11.3. The van der Waals surface area contributed by atoms with Crippen LogP contribution in [-0.2, 0) is 14.4 Å². The average molecular weight is 431 g/mol. The standard InChI is InChI=1S/C21H26N4O4S/c1-14(26)23-7-9-24(10-8-23)21(29)16-3-2-6-25(12-16)20(28)15-4-5-18-17(11-15)22-19(27)13-30-18/h4-5,11,16H,2-3,6-10,12-13H2,1H3,(H,22,27). The second-order valence-corrected chi connectivity index (χ2v) is 8.99. The van der Waals surface area contributed by atoms with Crippen LogP contribution in [0.4, 0.5) is 5.69 Å². The number of piperazine rings is 1. The molecule has 0 saturated carbocycles. The van der Waals surface area contributed by atoms with Crippen molar-refractivity contribution in [2.75, 3.05) is 50.3 Å². The lowest BCUT2D eigenvalue weighted by Crippen LogP contribution is -2.53. The number of carbonyl (C=O) groups is 4. The minimum atomic E-state index is -0.209. The number of benzene rings is 1. The van der Waals surface area contributed by atoms with Crippen LogP contribution in [0.5, 0.6) is 0 Å². The van der Waals surface area contributed by atoms with Crippen molar-refractivity contribution in [2.24, 2.45) is 5.92 Å². The molecule has 2 saturated heterocycles. The molecule has 4 amide bonds. The predicted octanol–water partition coefficient (Wildman–Crippen LogP) is 1.27. The van der Waals surface area contributed by atoms with Crippen LogP contribution in [0.15, 0.2) is 23.1 Å². The first-order valence-electron chi connectivity index (χ1n) is 10.3. The molecule has 160 valence electrons. The van der Waals surface area contributed by atoms with Crippen molar-refractivity contribution < 1.29 is 19.2 Å². The SMILES string of the molecule is CC(=O)N1CCN(C(=O)C2CCCN(C(=O)c3ccc4c(c3)NC(=O)CS4)C2)CC1. The zero-order valence-electron chi connectivity index (χ0n) is 17.1. The number of nitrogens with one attached hydrogen (secondary N) is 1.